The predicted molar refractivity (Wildman–Crippen MR) is 127 cm³/mol. The van der Waals surface area contributed by atoms with Crippen molar-refractivity contribution in [1.82, 2.24) is 10.2 Å². The van der Waals surface area contributed by atoms with Gasteiger partial charge in [-0.1, -0.05) is 37.5 Å². The molecule has 0 atom stereocenters. The number of amides is 4. The van der Waals surface area contributed by atoms with Crippen molar-refractivity contribution in [2.24, 2.45) is 0 Å². The molecule has 34 heavy (non-hydrogen) atoms. The van der Waals surface area contributed by atoms with Gasteiger partial charge in [-0.15, -0.1) is 0 Å². The molecule has 0 spiro atoms. The van der Waals surface area contributed by atoms with Gasteiger partial charge in [0.25, 0.3) is 11.8 Å². The predicted octanol–water partition coefficient (Wildman–Crippen LogP) is 4.97. The third-order valence-electron chi connectivity index (χ3n) is 5.97. The molecular weight excluding hydrogens is 507 g/mol. The molecule has 0 aromatic heterocycles. The van der Waals surface area contributed by atoms with Gasteiger partial charge in [-0.25, -0.2) is 9.18 Å². The largest absolute Gasteiger partial charge is 0.493 e. The number of carbonyl (C=O) groups excluding carboxylic acids is 3. The second-order valence-corrected chi connectivity index (χ2v) is 9.05. The van der Waals surface area contributed by atoms with E-state index in [9.17, 15) is 18.8 Å². The Bertz CT molecular complexity index is 1160. The fourth-order valence-electron chi connectivity index (χ4n) is 4.24. The van der Waals surface area contributed by atoms with Crippen LogP contribution >= 0.6 is 15.9 Å². The van der Waals surface area contributed by atoms with Crippen molar-refractivity contribution in [3.05, 3.63) is 63.4 Å². The van der Waals surface area contributed by atoms with Crippen LogP contribution < -0.4 is 14.8 Å². The Morgan fingerprint density at radius 1 is 1.15 bits per heavy atom. The molecule has 2 aliphatic rings. The number of benzene rings is 2. The molecule has 1 N–H and O–H groups in total. The van der Waals surface area contributed by atoms with Crippen LogP contribution in [0.1, 0.15) is 43.2 Å². The average Bonchev–Trinajstić information content (AvgIpc) is 2.82. The molecule has 1 saturated carbocycles. The number of urea groups is 1. The Kier molecular flexibility index (Phi) is 7.31. The van der Waals surface area contributed by atoms with Gasteiger partial charge in [0, 0.05) is 11.6 Å². The number of nitrogens with one attached hydrogen (secondary N) is 1. The van der Waals surface area contributed by atoms with Gasteiger partial charge >= 0.3 is 6.03 Å². The van der Waals surface area contributed by atoms with Gasteiger partial charge in [0.1, 0.15) is 18.0 Å². The van der Waals surface area contributed by atoms with Crippen LogP contribution in [0.4, 0.5) is 9.18 Å². The van der Waals surface area contributed by atoms with E-state index >= 15 is 0 Å². The minimum absolute atomic E-state index is 0.0125. The number of hydrogen-bond acceptors (Lipinski definition) is 5. The van der Waals surface area contributed by atoms with E-state index in [1.165, 1.54) is 24.2 Å². The van der Waals surface area contributed by atoms with Gasteiger partial charge in [-0.2, -0.15) is 0 Å². The number of ether oxygens (including phenoxy) is 2. The number of methoxy groups -OCH3 is 1. The van der Waals surface area contributed by atoms with Crippen molar-refractivity contribution < 1.29 is 28.2 Å². The van der Waals surface area contributed by atoms with Gasteiger partial charge in [0.2, 0.25) is 0 Å². The van der Waals surface area contributed by atoms with Crippen molar-refractivity contribution in [3.63, 3.8) is 0 Å². The van der Waals surface area contributed by atoms with Gasteiger partial charge in [-0.05, 0) is 58.6 Å². The highest BCUT2D eigenvalue weighted by molar-refractivity contribution is 9.10. The van der Waals surface area contributed by atoms with Crippen molar-refractivity contribution in [2.75, 3.05) is 7.11 Å². The van der Waals surface area contributed by atoms with Crippen molar-refractivity contribution in [3.8, 4) is 11.5 Å². The molecule has 4 rings (SSSR count). The Hall–Kier alpha value is -3.20. The molecule has 1 aliphatic heterocycles. The molecule has 2 fully saturated rings. The molecule has 9 heteroatoms. The van der Waals surface area contributed by atoms with Crippen LogP contribution in [0.2, 0.25) is 0 Å². The first-order valence-corrected chi connectivity index (χ1v) is 11.8. The SMILES string of the molecule is COc1cc(C=C2C(=O)NC(=O)N(C3CCCCC3)C2=O)cc(Br)c1OCc1ccccc1F. The molecule has 0 unspecified atom stereocenters. The van der Waals surface area contributed by atoms with Crippen LogP contribution in [-0.2, 0) is 16.2 Å². The molecule has 7 nitrogen and oxygen atoms in total. The molecule has 1 saturated heterocycles. The van der Waals surface area contributed by atoms with Crippen molar-refractivity contribution in [1.29, 1.82) is 0 Å². The van der Waals surface area contributed by atoms with Crippen LogP contribution in [0, 0.1) is 5.82 Å². The topological polar surface area (TPSA) is 84.9 Å². The first kappa shape index (κ1) is 23.9. The number of nitrogens with zero attached hydrogens (tertiary/aromatic N) is 1. The van der Waals surface area contributed by atoms with E-state index in [1.807, 2.05) is 0 Å². The summed E-state index contributed by atoms with van der Waals surface area (Å²) in [5.74, 6) is -1.03. The summed E-state index contributed by atoms with van der Waals surface area (Å²) in [6, 6.07) is 8.68. The molecule has 2 aromatic rings. The summed E-state index contributed by atoms with van der Waals surface area (Å²) in [5, 5.41) is 2.28. The Morgan fingerprint density at radius 3 is 2.59 bits per heavy atom. The number of rotatable bonds is 6. The molecular formula is C25H24BrFN2O5. The third kappa shape index (κ3) is 4.99. The second-order valence-electron chi connectivity index (χ2n) is 8.20. The minimum atomic E-state index is -0.739. The molecule has 2 aromatic carbocycles. The van der Waals surface area contributed by atoms with E-state index in [1.54, 1.807) is 30.3 Å². The van der Waals surface area contributed by atoms with Gasteiger partial charge in [0.15, 0.2) is 11.5 Å². The summed E-state index contributed by atoms with van der Waals surface area (Å²) in [7, 11) is 1.45. The summed E-state index contributed by atoms with van der Waals surface area (Å²) >= 11 is 3.43. The summed E-state index contributed by atoms with van der Waals surface area (Å²) in [6.07, 6.45) is 5.83. The highest BCUT2D eigenvalue weighted by Crippen LogP contribution is 2.38. The monoisotopic (exact) mass is 530 g/mol. The lowest BCUT2D eigenvalue weighted by Crippen LogP contribution is -2.58. The van der Waals surface area contributed by atoms with E-state index < -0.39 is 17.8 Å². The summed E-state index contributed by atoms with van der Waals surface area (Å²) in [5.41, 5.74) is 0.761. The van der Waals surface area contributed by atoms with Gasteiger partial charge in [0.05, 0.1) is 11.6 Å². The maximum absolute atomic E-state index is 13.9. The fraction of sp³-hybridized carbons (Fsp3) is 0.320. The second kappa shape index (κ2) is 10.4. The highest BCUT2D eigenvalue weighted by atomic mass is 79.9. The first-order chi connectivity index (χ1) is 16.4. The van der Waals surface area contributed by atoms with Gasteiger partial charge in [-0.3, -0.25) is 19.8 Å². The average molecular weight is 531 g/mol. The first-order valence-electron chi connectivity index (χ1n) is 11.0. The lowest BCUT2D eigenvalue weighted by molar-refractivity contribution is -0.132. The summed E-state index contributed by atoms with van der Waals surface area (Å²) < 4.78 is 25.7. The molecule has 1 aliphatic carbocycles. The zero-order chi connectivity index (χ0) is 24.2. The molecule has 0 radical (unpaired) electrons. The molecule has 178 valence electrons. The number of carbonyl (C=O) groups is 3. The maximum Gasteiger partial charge on any atom is 0.331 e. The zero-order valence-corrected chi connectivity index (χ0v) is 20.2. The van der Waals surface area contributed by atoms with E-state index in [4.69, 9.17) is 9.47 Å². The molecule has 0 bridgehead atoms. The van der Waals surface area contributed by atoms with E-state index in [-0.39, 0.29) is 24.0 Å². The fourth-order valence-corrected chi connectivity index (χ4v) is 4.81. The van der Waals surface area contributed by atoms with E-state index in [2.05, 4.69) is 21.2 Å². The lowest BCUT2D eigenvalue weighted by Gasteiger charge is -2.35. The zero-order valence-electron chi connectivity index (χ0n) is 18.6. The smallest absolute Gasteiger partial charge is 0.331 e. The van der Waals surface area contributed by atoms with E-state index in [0.717, 1.165) is 32.1 Å². The number of imide groups is 2. The van der Waals surface area contributed by atoms with Crippen LogP contribution in [-0.4, -0.2) is 35.9 Å². The Morgan fingerprint density at radius 2 is 1.88 bits per heavy atom. The van der Waals surface area contributed by atoms with Crippen LogP contribution in [0.15, 0.2) is 46.4 Å². The maximum atomic E-state index is 13.9. The van der Waals surface area contributed by atoms with Gasteiger partial charge < -0.3 is 9.47 Å². The lowest BCUT2D eigenvalue weighted by atomic mass is 9.93. The summed E-state index contributed by atoms with van der Waals surface area (Å²) in [6.45, 7) is -0.0125. The third-order valence-corrected chi connectivity index (χ3v) is 6.55. The van der Waals surface area contributed by atoms with Crippen LogP contribution in [0.5, 0.6) is 11.5 Å². The van der Waals surface area contributed by atoms with Crippen molar-refractivity contribution >= 4 is 39.9 Å². The number of hydrogen-bond donors (Lipinski definition) is 1. The normalized spacial score (nSPS) is 18.3. The standard InChI is InChI=1S/C25H24BrFN2O5/c1-33-21-13-15(12-19(26)22(21)34-14-16-7-5-6-10-20(16)27)11-18-23(30)28-25(32)29(24(18)31)17-8-3-2-4-9-17/h5-7,10-13,17H,2-4,8-9,14H2,1H3,(H,28,30,32). The number of halogens is 2. The Balaban J connectivity index is 1.60. The number of barbiturate groups is 1. The Labute approximate surface area is 205 Å². The molecule has 1 heterocycles. The quantitative estimate of drug-likeness (QED) is 0.421. The minimum Gasteiger partial charge on any atom is -0.493 e. The highest BCUT2D eigenvalue weighted by Gasteiger charge is 2.40. The van der Waals surface area contributed by atoms with E-state index in [0.29, 0.717) is 27.1 Å². The van der Waals surface area contributed by atoms with Crippen LogP contribution in [0.3, 0.4) is 0 Å². The summed E-state index contributed by atoms with van der Waals surface area (Å²) in [4.78, 5) is 39.2. The van der Waals surface area contributed by atoms with Crippen molar-refractivity contribution in [2.45, 2.75) is 44.8 Å². The van der Waals surface area contributed by atoms with Crippen LogP contribution in [0.25, 0.3) is 6.08 Å². The molecule has 4 amide bonds.